The molecule has 0 spiro atoms. The van der Waals surface area contributed by atoms with Crippen LogP contribution in [0, 0.1) is 0 Å². The maximum Gasteiger partial charge on any atom is 0.268 e. The Bertz CT molecular complexity index is 733. The second-order valence-corrected chi connectivity index (χ2v) is 5.61. The summed E-state index contributed by atoms with van der Waals surface area (Å²) in [5, 5.41) is 2.84. The molecule has 1 unspecified atom stereocenters. The van der Waals surface area contributed by atoms with Crippen LogP contribution in [0.25, 0.3) is 0 Å². The SMILES string of the molecule is CC1Oc2ccccc2N(CC(=O)NCCc2cccnc2)C1=O. The summed E-state index contributed by atoms with van der Waals surface area (Å²) in [4.78, 5) is 30.0. The zero-order valence-corrected chi connectivity index (χ0v) is 13.4. The van der Waals surface area contributed by atoms with E-state index in [9.17, 15) is 9.59 Å². The average Bonchev–Trinajstić information content (AvgIpc) is 2.60. The number of rotatable bonds is 5. The van der Waals surface area contributed by atoms with E-state index in [0.717, 1.165) is 5.56 Å². The van der Waals surface area contributed by atoms with E-state index in [-0.39, 0.29) is 18.4 Å². The van der Waals surface area contributed by atoms with E-state index >= 15 is 0 Å². The molecule has 2 heterocycles. The Morgan fingerprint density at radius 1 is 1.29 bits per heavy atom. The van der Waals surface area contributed by atoms with Gasteiger partial charge in [-0.25, -0.2) is 0 Å². The standard InChI is InChI=1S/C18H19N3O3/c1-13-18(23)21(15-6-2-3-7-16(15)24-13)12-17(22)20-10-8-14-5-4-9-19-11-14/h2-7,9,11,13H,8,10,12H2,1H3,(H,20,22). The van der Waals surface area contributed by atoms with Gasteiger partial charge in [0, 0.05) is 18.9 Å². The molecule has 2 aromatic rings. The van der Waals surface area contributed by atoms with Crippen LogP contribution in [0.5, 0.6) is 5.75 Å². The lowest BCUT2D eigenvalue weighted by molar-refractivity contribution is -0.128. The quantitative estimate of drug-likeness (QED) is 0.905. The molecule has 0 saturated heterocycles. The van der Waals surface area contributed by atoms with Crippen LogP contribution >= 0.6 is 0 Å². The van der Waals surface area contributed by atoms with E-state index in [1.807, 2.05) is 24.3 Å². The Morgan fingerprint density at radius 3 is 2.92 bits per heavy atom. The second-order valence-electron chi connectivity index (χ2n) is 5.61. The van der Waals surface area contributed by atoms with E-state index in [4.69, 9.17) is 4.74 Å². The number of carbonyl (C=O) groups is 2. The normalized spacial score (nSPS) is 16.3. The maximum absolute atomic E-state index is 12.3. The van der Waals surface area contributed by atoms with Crippen molar-refractivity contribution in [3.63, 3.8) is 0 Å². The highest BCUT2D eigenvalue weighted by atomic mass is 16.5. The first kappa shape index (κ1) is 16.0. The lowest BCUT2D eigenvalue weighted by Crippen LogP contribution is -2.49. The number of carbonyl (C=O) groups excluding carboxylic acids is 2. The Hall–Kier alpha value is -2.89. The van der Waals surface area contributed by atoms with Crippen LogP contribution in [0.2, 0.25) is 0 Å². The van der Waals surface area contributed by atoms with Crippen molar-refractivity contribution in [3.05, 3.63) is 54.4 Å². The molecule has 0 radical (unpaired) electrons. The van der Waals surface area contributed by atoms with E-state index in [2.05, 4.69) is 10.3 Å². The van der Waals surface area contributed by atoms with Crippen LogP contribution in [0.1, 0.15) is 12.5 Å². The van der Waals surface area contributed by atoms with E-state index in [1.165, 1.54) is 4.90 Å². The highest BCUT2D eigenvalue weighted by molar-refractivity contribution is 6.03. The lowest BCUT2D eigenvalue weighted by Gasteiger charge is -2.32. The molecule has 0 bridgehead atoms. The van der Waals surface area contributed by atoms with Crippen molar-refractivity contribution in [2.45, 2.75) is 19.4 Å². The maximum atomic E-state index is 12.3. The van der Waals surface area contributed by atoms with Crippen molar-refractivity contribution in [2.24, 2.45) is 0 Å². The highest BCUT2D eigenvalue weighted by Gasteiger charge is 2.32. The summed E-state index contributed by atoms with van der Waals surface area (Å²) in [5.74, 6) is 0.208. The molecule has 6 heteroatoms. The Labute approximate surface area is 140 Å². The summed E-state index contributed by atoms with van der Waals surface area (Å²) in [7, 11) is 0. The largest absolute Gasteiger partial charge is 0.479 e. The van der Waals surface area contributed by atoms with Crippen LogP contribution in [0.4, 0.5) is 5.69 Å². The topological polar surface area (TPSA) is 71.5 Å². The minimum absolute atomic E-state index is 0.0173. The van der Waals surface area contributed by atoms with Gasteiger partial charge in [0.1, 0.15) is 12.3 Å². The molecular formula is C18H19N3O3. The average molecular weight is 325 g/mol. The Balaban J connectivity index is 1.60. The number of ether oxygens (including phenoxy) is 1. The number of pyridine rings is 1. The van der Waals surface area contributed by atoms with E-state index in [0.29, 0.717) is 24.4 Å². The number of benzene rings is 1. The fourth-order valence-corrected chi connectivity index (χ4v) is 2.61. The third-order valence-electron chi connectivity index (χ3n) is 3.83. The number of fused-ring (bicyclic) bond motifs is 1. The monoisotopic (exact) mass is 325 g/mol. The second kappa shape index (κ2) is 7.12. The smallest absolute Gasteiger partial charge is 0.268 e. The molecule has 6 nitrogen and oxygen atoms in total. The molecule has 1 aliphatic rings. The number of anilines is 1. The summed E-state index contributed by atoms with van der Waals surface area (Å²) < 4.78 is 5.56. The fourth-order valence-electron chi connectivity index (χ4n) is 2.61. The van der Waals surface area contributed by atoms with Crippen LogP contribution in [-0.4, -0.2) is 36.0 Å². The van der Waals surface area contributed by atoms with Crippen LogP contribution in [-0.2, 0) is 16.0 Å². The van der Waals surface area contributed by atoms with Gasteiger partial charge >= 0.3 is 0 Å². The first-order valence-corrected chi connectivity index (χ1v) is 7.88. The van der Waals surface area contributed by atoms with Crippen molar-refractivity contribution in [3.8, 4) is 5.75 Å². The Kier molecular flexibility index (Phi) is 4.74. The fraction of sp³-hybridized carbons (Fsp3) is 0.278. The predicted octanol–water partition coefficient (Wildman–Crippen LogP) is 1.55. The summed E-state index contributed by atoms with van der Waals surface area (Å²) in [6, 6.07) is 11.1. The van der Waals surface area contributed by atoms with Gasteiger partial charge < -0.3 is 10.1 Å². The van der Waals surface area contributed by atoms with Crippen molar-refractivity contribution < 1.29 is 14.3 Å². The Morgan fingerprint density at radius 2 is 2.12 bits per heavy atom. The van der Waals surface area contributed by atoms with Gasteiger partial charge in [0.2, 0.25) is 5.91 Å². The molecule has 0 fully saturated rings. The highest BCUT2D eigenvalue weighted by Crippen LogP contribution is 2.33. The molecule has 24 heavy (non-hydrogen) atoms. The molecule has 124 valence electrons. The molecule has 0 saturated carbocycles. The van der Waals surface area contributed by atoms with Gasteiger partial charge in [-0.2, -0.15) is 0 Å². The van der Waals surface area contributed by atoms with Gasteiger partial charge in [0.05, 0.1) is 5.69 Å². The van der Waals surface area contributed by atoms with E-state index in [1.54, 1.807) is 31.5 Å². The zero-order chi connectivity index (χ0) is 16.9. The van der Waals surface area contributed by atoms with Crippen molar-refractivity contribution >= 4 is 17.5 Å². The lowest BCUT2D eigenvalue weighted by atomic mass is 10.2. The van der Waals surface area contributed by atoms with Crippen molar-refractivity contribution in [1.82, 2.24) is 10.3 Å². The van der Waals surface area contributed by atoms with Crippen LogP contribution < -0.4 is 15.0 Å². The third kappa shape index (κ3) is 3.53. The number of nitrogens with one attached hydrogen (secondary N) is 1. The number of para-hydroxylation sites is 2. The minimum atomic E-state index is -0.594. The summed E-state index contributed by atoms with van der Waals surface area (Å²) in [6.45, 7) is 2.17. The zero-order valence-electron chi connectivity index (χ0n) is 13.4. The number of nitrogens with zero attached hydrogens (tertiary/aromatic N) is 2. The first-order chi connectivity index (χ1) is 11.6. The molecule has 0 aliphatic carbocycles. The van der Waals surface area contributed by atoms with Crippen LogP contribution in [0.3, 0.4) is 0 Å². The number of hydrogen-bond donors (Lipinski definition) is 1. The summed E-state index contributed by atoms with van der Waals surface area (Å²) >= 11 is 0. The van der Waals surface area contributed by atoms with E-state index < -0.39 is 6.10 Å². The molecule has 1 aromatic carbocycles. The minimum Gasteiger partial charge on any atom is -0.479 e. The number of hydrogen-bond acceptors (Lipinski definition) is 4. The molecule has 2 amide bonds. The third-order valence-corrected chi connectivity index (χ3v) is 3.83. The van der Waals surface area contributed by atoms with Gasteiger partial charge in [-0.3, -0.25) is 19.5 Å². The molecule has 3 rings (SSSR count). The number of aromatic nitrogens is 1. The molecular weight excluding hydrogens is 306 g/mol. The van der Waals surface area contributed by atoms with Crippen molar-refractivity contribution in [2.75, 3.05) is 18.0 Å². The van der Waals surface area contributed by atoms with Crippen molar-refractivity contribution in [1.29, 1.82) is 0 Å². The summed E-state index contributed by atoms with van der Waals surface area (Å²) in [5.41, 5.74) is 1.68. The molecule has 1 aliphatic heterocycles. The number of amides is 2. The molecule has 1 atom stereocenters. The summed E-state index contributed by atoms with van der Waals surface area (Å²) in [6.07, 6.45) is 3.59. The van der Waals surface area contributed by atoms with Gasteiger partial charge in [-0.15, -0.1) is 0 Å². The van der Waals surface area contributed by atoms with Crippen LogP contribution in [0.15, 0.2) is 48.8 Å². The van der Waals surface area contributed by atoms with Gasteiger partial charge in [-0.05, 0) is 37.1 Å². The van der Waals surface area contributed by atoms with Gasteiger partial charge in [0.25, 0.3) is 5.91 Å². The molecule has 1 N–H and O–H groups in total. The predicted molar refractivity (Wildman–Crippen MR) is 89.8 cm³/mol. The first-order valence-electron chi connectivity index (χ1n) is 7.88. The van der Waals surface area contributed by atoms with Gasteiger partial charge in [0.15, 0.2) is 6.10 Å². The van der Waals surface area contributed by atoms with Gasteiger partial charge in [-0.1, -0.05) is 18.2 Å². The molecule has 1 aromatic heterocycles.